The van der Waals surface area contributed by atoms with Crippen molar-refractivity contribution in [2.24, 2.45) is 5.92 Å². The number of carbonyl (C=O) groups is 1. The molecule has 1 saturated carbocycles. The van der Waals surface area contributed by atoms with Gasteiger partial charge in [-0.25, -0.2) is 0 Å². The molecule has 0 spiro atoms. The highest BCUT2D eigenvalue weighted by molar-refractivity contribution is 5.66. The Morgan fingerprint density at radius 2 is 2.06 bits per heavy atom. The lowest BCUT2D eigenvalue weighted by Gasteiger charge is -2.17. The number of rotatable bonds is 8. The van der Waals surface area contributed by atoms with Crippen LogP contribution in [0.4, 0.5) is 0 Å². The van der Waals surface area contributed by atoms with Gasteiger partial charge in [0.05, 0.1) is 0 Å². The van der Waals surface area contributed by atoms with E-state index in [-0.39, 0.29) is 5.97 Å². The van der Waals surface area contributed by atoms with E-state index >= 15 is 0 Å². The van der Waals surface area contributed by atoms with E-state index in [1.165, 1.54) is 32.6 Å². The van der Waals surface area contributed by atoms with Crippen molar-refractivity contribution in [3.8, 4) is 0 Å². The SMILES string of the molecule is CCCCCC[C@@H]1C[C@]1(OCC)OC(C)=O. The zero-order chi connectivity index (χ0) is 12.0. The molecule has 3 heteroatoms. The number of ether oxygens (including phenoxy) is 2. The molecule has 3 nitrogen and oxygen atoms in total. The van der Waals surface area contributed by atoms with Gasteiger partial charge in [-0.1, -0.05) is 32.6 Å². The molecular formula is C13H24O3. The van der Waals surface area contributed by atoms with Crippen LogP contribution in [0.15, 0.2) is 0 Å². The number of esters is 1. The maximum Gasteiger partial charge on any atom is 0.305 e. The minimum absolute atomic E-state index is 0.232. The molecule has 1 rings (SSSR count). The fourth-order valence-electron chi connectivity index (χ4n) is 2.24. The molecule has 94 valence electrons. The van der Waals surface area contributed by atoms with E-state index in [1.54, 1.807) is 0 Å². The predicted molar refractivity (Wildman–Crippen MR) is 63.0 cm³/mol. The molecule has 0 aromatic heterocycles. The second-order valence-electron chi connectivity index (χ2n) is 4.59. The van der Waals surface area contributed by atoms with Crippen molar-refractivity contribution in [1.29, 1.82) is 0 Å². The third-order valence-electron chi connectivity index (χ3n) is 3.10. The Kier molecular flexibility index (Phi) is 5.26. The summed E-state index contributed by atoms with van der Waals surface area (Å²) in [6, 6.07) is 0. The van der Waals surface area contributed by atoms with Crippen LogP contribution in [0.2, 0.25) is 0 Å². The Bertz CT molecular complexity index is 227. The summed E-state index contributed by atoms with van der Waals surface area (Å²) in [5.74, 6) is -0.370. The summed E-state index contributed by atoms with van der Waals surface area (Å²) in [5.41, 5.74) is 0. The van der Waals surface area contributed by atoms with Gasteiger partial charge in [-0.3, -0.25) is 4.79 Å². The molecule has 0 unspecified atom stereocenters. The van der Waals surface area contributed by atoms with E-state index in [1.807, 2.05) is 6.92 Å². The van der Waals surface area contributed by atoms with Gasteiger partial charge in [-0.2, -0.15) is 0 Å². The predicted octanol–water partition coefficient (Wildman–Crippen LogP) is 3.27. The summed E-state index contributed by atoms with van der Waals surface area (Å²) in [5, 5.41) is 0. The van der Waals surface area contributed by atoms with Crippen LogP contribution in [0.5, 0.6) is 0 Å². The third-order valence-corrected chi connectivity index (χ3v) is 3.10. The lowest BCUT2D eigenvalue weighted by molar-refractivity contribution is -0.191. The molecule has 16 heavy (non-hydrogen) atoms. The highest BCUT2D eigenvalue weighted by atomic mass is 16.7. The van der Waals surface area contributed by atoms with E-state index in [0.29, 0.717) is 12.5 Å². The summed E-state index contributed by atoms with van der Waals surface area (Å²) in [6.07, 6.45) is 7.04. The Morgan fingerprint density at radius 1 is 1.31 bits per heavy atom. The summed E-state index contributed by atoms with van der Waals surface area (Å²) < 4.78 is 10.9. The fourth-order valence-corrected chi connectivity index (χ4v) is 2.24. The van der Waals surface area contributed by atoms with Crippen molar-refractivity contribution in [2.45, 2.75) is 65.1 Å². The molecule has 1 fully saturated rings. The summed E-state index contributed by atoms with van der Waals surface area (Å²) in [7, 11) is 0. The highest BCUT2D eigenvalue weighted by Gasteiger charge is 2.58. The van der Waals surface area contributed by atoms with Crippen LogP contribution in [-0.4, -0.2) is 18.4 Å². The molecule has 2 atom stereocenters. The second kappa shape index (κ2) is 6.24. The van der Waals surface area contributed by atoms with Gasteiger partial charge in [0.15, 0.2) is 0 Å². The monoisotopic (exact) mass is 228 g/mol. The van der Waals surface area contributed by atoms with Crippen molar-refractivity contribution in [1.82, 2.24) is 0 Å². The molecule has 0 saturated heterocycles. The first-order chi connectivity index (χ1) is 7.64. The highest BCUT2D eigenvalue weighted by Crippen LogP contribution is 2.50. The van der Waals surface area contributed by atoms with Crippen LogP contribution in [-0.2, 0) is 14.3 Å². The average Bonchev–Trinajstić information content (AvgIpc) is 2.85. The molecule has 0 N–H and O–H groups in total. The fraction of sp³-hybridized carbons (Fsp3) is 0.923. The lowest BCUT2D eigenvalue weighted by Crippen LogP contribution is -2.24. The maximum absolute atomic E-state index is 11.0. The third kappa shape index (κ3) is 3.78. The first-order valence-corrected chi connectivity index (χ1v) is 6.48. The normalized spacial score (nSPS) is 27.8. The molecule has 0 radical (unpaired) electrons. The van der Waals surface area contributed by atoms with Gasteiger partial charge < -0.3 is 9.47 Å². The van der Waals surface area contributed by atoms with Crippen molar-refractivity contribution < 1.29 is 14.3 Å². The standard InChI is InChI=1S/C13H24O3/c1-4-6-7-8-9-12-10-13(12,15-5-2)16-11(3)14/h12H,4-10H2,1-3H3/t12-,13+/m1/s1. The van der Waals surface area contributed by atoms with Crippen LogP contribution >= 0.6 is 0 Å². The van der Waals surface area contributed by atoms with E-state index < -0.39 is 5.79 Å². The molecule has 1 aliphatic rings. The molecular weight excluding hydrogens is 204 g/mol. The molecule has 0 aliphatic heterocycles. The molecule has 0 amide bonds. The molecule has 1 aliphatic carbocycles. The van der Waals surface area contributed by atoms with Crippen LogP contribution in [0.1, 0.15) is 59.3 Å². The van der Waals surface area contributed by atoms with Gasteiger partial charge in [0.2, 0.25) is 5.79 Å². The average molecular weight is 228 g/mol. The number of hydrogen-bond acceptors (Lipinski definition) is 3. The second-order valence-corrected chi connectivity index (χ2v) is 4.59. The maximum atomic E-state index is 11.0. The summed E-state index contributed by atoms with van der Waals surface area (Å²) in [6.45, 7) is 6.21. The minimum Gasteiger partial charge on any atom is -0.433 e. The first kappa shape index (κ1) is 13.5. The number of hydrogen-bond donors (Lipinski definition) is 0. The molecule has 0 bridgehead atoms. The Labute approximate surface area is 98.5 Å². The van der Waals surface area contributed by atoms with E-state index in [2.05, 4.69) is 6.92 Å². The first-order valence-electron chi connectivity index (χ1n) is 6.48. The van der Waals surface area contributed by atoms with Crippen LogP contribution in [0, 0.1) is 5.92 Å². The van der Waals surface area contributed by atoms with Crippen LogP contribution in [0.25, 0.3) is 0 Å². The zero-order valence-electron chi connectivity index (χ0n) is 10.8. The van der Waals surface area contributed by atoms with Gasteiger partial charge in [0.1, 0.15) is 0 Å². The van der Waals surface area contributed by atoms with Gasteiger partial charge >= 0.3 is 5.97 Å². The minimum atomic E-state index is -0.563. The Hall–Kier alpha value is -0.570. The zero-order valence-corrected chi connectivity index (χ0v) is 10.8. The van der Waals surface area contributed by atoms with Crippen LogP contribution < -0.4 is 0 Å². The largest absolute Gasteiger partial charge is 0.433 e. The lowest BCUT2D eigenvalue weighted by atomic mass is 10.1. The van der Waals surface area contributed by atoms with E-state index in [9.17, 15) is 4.79 Å². The molecule has 0 aromatic carbocycles. The smallest absolute Gasteiger partial charge is 0.305 e. The van der Waals surface area contributed by atoms with Crippen molar-refractivity contribution in [3.05, 3.63) is 0 Å². The topological polar surface area (TPSA) is 35.5 Å². The van der Waals surface area contributed by atoms with Crippen molar-refractivity contribution in [2.75, 3.05) is 6.61 Å². The number of unbranched alkanes of at least 4 members (excludes halogenated alkanes) is 3. The van der Waals surface area contributed by atoms with E-state index in [0.717, 1.165) is 12.8 Å². The van der Waals surface area contributed by atoms with Crippen molar-refractivity contribution in [3.63, 3.8) is 0 Å². The molecule has 0 heterocycles. The Morgan fingerprint density at radius 3 is 2.62 bits per heavy atom. The quantitative estimate of drug-likeness (QED) is 0.363. The summed E-state index contributed by atoms with van der Waals surface area (Å²) >= 11 is 0. The van der Waals surface area contributed by atoms with Gasteiger partial charge in [-0.15, -0.1) is 0 Å². The van der Waals surface area contributed by atoms with Crippen molar-refractivity contribution >= 4 is 5.97 Å². The van der Waals surface area contributed by atoms with Gasteiger partial charge in [0, 0.05) is 25.9 Å². The van der Waals surface area contributed by atoms with Gasteiger partial charge in [-0.05, 0) is 13.3 Å². The summed E-state index contributed by atoms with van der Waals surface area (Å²) in [4.78, 5) is 11.0. The van der Waals surface area contributed by atoms with Crippen LogP contribution in [0.3, 0.4) is 0 Å². The van der Waals surface area contributed by atoms with E-state index in [4.69, 9.17) is 9.47 Å². The van der Waals surface area contributed by atoms with Gasteiger partial charge in [0.25, 0.3) is 0 Å². The number of carbonyl (C=O) groups excluding carboxylic acids is 1. The molecule has 0 aromatic rings. The Balaban J connectivity index is 2.26.